The lowest BCUT2D eigenvalue weighted by atomic mass is 9.97. The van der Waals surface area contributed by atoms with E-state index in [4.69, 9.17) is 5.11 Å². The van der Waals surface area contributed by atoms with Gasteiger partial charge in [0.1, 0.15) is 0 Å². The Morgan fingerprint density at radius 3 is 2.25 bits per heavy atom. The van der Waals surface area contributed by atoms with E-state index in [9.17, 15) is 4.79 Å². The van der Waals surface area contributed by atoms with E-state index in [2.05, 4.69) is 38.1 Å². The molecule has 104 valence electrons. The molecule has 20 heavy (non-hydrogen) atoms. The molecule has 0 aliphatic heterocycles. The molecule has 2 nitrogen and oxygen atoms in total. The van der Waals surface area contributed by atoms with Crippen molar-refractivity contribution in [1.82, 2.24) is 0 Å². The molecule has 0 radical (unpaired) electrons. The van der Waals surface area contributed by atoms with Gasteiger partial charge in [-0.1, -0.05) is 44.2 Å². The Bertz CT molecular complexity index is 610. The second-order valence-corrected chi connectivity index (χ2v) is 5.69. The molecule has 2 heteroatoms. The van der Waals surface area contributed by atoms with Crippen LogP contribution in [0.15, 0.2) is 42.5 Å². The number of aromatic carboxylic acids is 1. The van der Waals surface area contributed by atoms with Crippen LogP contribution in [0.1, 0.15) is 35.3 Å². The lowest BCUT2D eigenvalue weighted by Gasteiger charge is -2.08. The van der Waals surface area contributed by atoms with Gasteiger partial charge in [-0.3, -0.25) is 0 Å². The van der Waals surface area contributed by atoms with Crippen LogP contribution in [0.3, 0.4) is 0 Å². The first-order valence-electron chi connectivity index (χ1n) is 6.90. The van der Waals surface area contributed by atoms with Crippen molar-refractivity contribution in [2.75, 3.05) is 0 Å². The van der Waals surface area contributed by atoms with Crippen molar-refractivity contribution in [3.63, 3.8) is 0 Å². The minimum absolute atomic E-state index is 0.339. The normalized spacial score (nSPS) is 10.8. The van der Waals surface area contributed by atoms with Crippen LogP contribution in [0, 0.1) is 12.8 Å². The molecule has 0 saturated carbocycles. The van der Waals surface area contributed by atoms with Gasteiger partial charge in [-0.2, -0.15) is 0 Å². The standard InChI is InChI=1S/C18H20O2/c1-12(2)8-14-4-6-15(7-5-14)16-9-13(3)10-17(11-16)18(19)20/h4-7,9-12H,8H2,1-3H3,(H,19,20). The molecule has 2 aromatic rings. The predicted octanol–water partition coefficient (Wildman–Crippen LogP) is 4.56. The van der Waals surface area contributed by atoms with Gasteiger partial charge in [-0.05, 0) is 53.6 Å². The number of carboxylic acids is 1. The number of carboxylic acid groups (broad SMARTS) is 1. The topological polar surface area (TPSA) is 37.3 Å². The van der Waals surface area contributed by atoms with Crippen LogP contribution in [0.4, 0.5) is 0 Å². The molecule has 0 atom stereocenters. The van der Waals surface area contributed by atoms with Gasteiger partial charge in [-0.25, -0.2) is 4.79 Å². The number of carbonyl (C=O) groups is 1. The highest BCUT2D eigenvalue weighted by Crippen LogP contribution is 2.23. The number of hydrogen-bond acceptors (Lipinski definition) is 1. The van der Waals surface area contributed by atoms with E-state index >= 15 is 0 Å². The van der Waals surface area contributed by atoms with Crippen LogP contribution in [-0.2, 0) is 6.42 Å². The maximum Gasteiger partial charge on any atom is 0.335 e. The van der Waals surface area contributed by atoms with Gasteiger partial charge >= 0.3 is 5.97 Å². The lowest BCUT2D eigenvalue weighted by molar-refractivity contribution is 0.0697. The fourth-order valence-electron chi connectivity index (χ4n) is 2.38. The summed E-state index contributed by atoms with van der Waals surface area (Å²) in [5, 5.41) is 9.12. The maximum absolute atomic E-state index is 11.1. The molecule has 2 rings (SSSR count). The second-order valence-electron chi connectivity index (χ2n) is 5.69. The van der Waals surface area contributed by atoms with Gasteiger partial charge < -0.3 is 5.11 Å². The van der Waals surface area contributed by atoms with Crippen molar-refractivity contribution in [1.29, 1.82) is 0 Å². The van der Waals surface area contributed by atoms with Crippen LogP contribution >= 0.6 is 0 Å². The van der Waals surface area contributed by atoms with Gasteiger partial charge in [0.25, 0.3) is 0 Å². The zero-order chi connectivity index (χ0) is 14.7. The zero-order valence-electron chi connectivity index (χ0n) is 12.2. The summed E-state index contributed by atoms with van der Waals surface area (Å²) in [5.41, 5.74) is 4.63. The molecule has 0 amide bonds. The summed E-state index contributed by atoms with van der Waals surface area (Å²) in [6.07, 6.45) is 1.06. The molecular formula is C18H20O2. The Balaban J connectivity index is 2.34. The third kappa shape index (κ3) is 3.47. The van der Waals surface area contributed by atoms with Crippen molar-refractivity contribution in [2.24, 2.45) is 5.92 Å². The van der Waals surface area contributed by atoms with E-state index in [-0.39, 0.29) is 0 Å². The SMILES string of the molecule is Cc1cc(C(=O)O)cc(-c2ccc(CC(C)C)cc2)c1. The minimum Gasteiger partial charge on any atom is -0.478 e. The molecule has 0 heterocycles. The monoisotopic (exact) mass is 268 g/mol. The molecule has 0 aromatic heterocycles. The molecule has 0 spiro atoms. The zero-order valence-corrected chi connectivity index (χ0v) is 12.2. The van der Waals surface area contributed by atoms with E-state index in [1.807, 2.05) is 13.0 Å². The Labute approximate surface area is 120 Å². The van der Waals surface area contributed by atoms with Crippen LogP contribution in [0.5, 0.6) is 0 Å². The molecule has 0 saturated heterocycles. The van der Waals surface area contributed by atoms with E-state index in [1.165, 1.54) is 5.56 Å². The van der Waals surface area contributed by atoms with Gasteiger partial charge in [-0.15, -0.1) is 0 Å². The summed E-state index contributed by atoms with van der Waals surface area (Å²) in [4.78, 5) is 11.1. The highest BCUT2D eigenvalue weighted by molar-refractivity contribution is 5.89. The van der Waals surface area contributed by atoms with Crippen LogP contribution < -0.4 is 0 Å². The molecule has 0 aliphatic carbocycles. The lowest BCUT2D eigenvalue weighted by Crippen LogP contribution is -1.97. The van der Waals surface area contributed by atoms with E-state index < -0.39 is 5.97 Å². The Morgan fingerprint density at radius 1 is 1.05 bits per heavy atom. The van der Waals surface area contributed by atoms with Crippen LogP contribution in [0.2, 0.25) is 0 Å². The summed E-state index contributed by atoms with van der Waals surface area (Å²) >= 11 is 0. The fourth-order valence-corrected chi connectivity index (χ4v) is 2.38. The first kappa shape index (κ1) is 14.3. The molecule has 0 aliphatic rings. The third-order valence-corrected chi connectivity index (χ3v) is 3.26. The first-order valence-corrected chi connectivity index (χ1v) is 6.90. The Hall–Kier alpha value is -2.09. The third-order valence-electron chi connectivity index (χ3n) is 3.26. The van der Waals surface area contributed by atoms with Crippen molar-refractivity contribution >= 4 is 5.97 Å². The average Bonchev–Trinajstić information content (AvgIpc) is 2.38. The van der Waals surface area contributed by atoms with E-state index in [0.717, 1.165) is 23.1 Å². The van der Waals surface area contributed by atoms with Crippen molar-refractivity contribution in [3.05, 3.63) is 59.2 Å². The minimum atomic E-state index is -0.883. The first-order chi connectivity index (χ1) is 9.45. The quantitative estimate of drug-likeness (QED) is 0.882. The van der Waals surface area contributed by atoms with Crippen molar-refractivity contribution < 1.29 is 9.90 Å². The summed E-state index contributed by atoms with van der Waals surface area (Å²) in [6.45, 7) is 6.32. The van der Waals surface area contributed by atoms with Crippen molar-refractivity contribution in [2.45, 2.75) is 27.2 Å². The maximum atomic E-state index is 11.1. The summed E-state index contributed by atoms with van der Waals surface area (Å²) < 4.78 is 0. The molecular weight excluding hydrogens is 248 g/mol. The van der Waals surface area contributed by atoms with Gasteiger partial charge in [0.05, 0.1) is 5.56 Å². The van der Waals surface area contributed by atoms with Gasteiger partial charge in [0.2, 0.25) is 0 Å². The molecule has 0 fully saturated rings. The number of benzene rings is 2. The number of hydrogen-bond donors (Lipinski definition) is 1. The molecule has 0 bridgehead atoms. The second kappa shape index (κ2) is 5.91. The average molecular weight is 268 g/mol. The molecule has 0 unspecified atom stereocenters. The van der Waals surface area contributed by atoms with Gasteiger partial charge in [0, 0.05) is 0 Å². The predicted molar refractivity (Wildman–Crippen MR) is 82.1 cm³/mol. The van der Waals surface area contributed by atoms with E-state index in [1.54, 1.807) is 12.1 Å². The largest absolute Gasteiger partial charge is 0.478 e. The highest BCUT2D eigenvalue weighted by Gasteiger charge is 2.07. The Morgan fingerprint density at radius 2 is 1.70 bits per heavy atom. The van der Waals surface area contributed by atoms with Crippen LogP contribution in [0.25, 0.3) is 11.1 Å². The smallest absolute Gasteiger partial charge is 0.335 e. The fraction of sp³-hybridized carbons (Fsp3) is 0.278. The summed E-state index contributed by atoms with van der Waals surface area (Å²) in [5.74, 6) is -0.246. The van der Waals surface area contributed by atoms with Crippen molar-refractivity contribution in [3.8, 4) is 11.1 Å². The summed E-state index contributed by atoms with van der Waals surface area (Å²) in [6, 6.07) is 13.8. The molecule has 2 aromatic carbocycles. The number of aryl methyl sites for hydroxylation is 1. The van der Waals surface area contributed by atoms with E-state index in [0.29, 0.717) is 11.5 Å². The highest BCUT2D eigenvalue weighted by atomic mass is 16.4. The number of rotatable bonds is 4. The molecule has 1 N–H and O–H groups in total. The Kier molecular flexibility index (Phi) is 4.23. The summed E-state index contributed by atoms with van der Waals surface area (Å²) in [7, 11) is 0. The van der Waals surface area contributed by atoms with Gasteiger partial charge in [0.15, 0.2) is 0 Å². The van der Waals surface area contributed by atoms with Crippen LogP contribution in [-0.4, -0.2) is 11.1 Å².